The summed E-state index contributed by atoms with van der Waals surface area (Å²) in [7, 11) is 0. The number of aromatic nitrogens is 3. The van der Waals surface area contributed by atoms with E-state index in [9.17, 15) is 0 Å². The monoisotopic (exact) mass is 209 g/mol. The lowest BCUT2D eigenvalue weighted by Gasteiger charge is -2.04. The summed E-state index contributed by atoms with van der Waals surface area (Å²) < 4.78 is 6.95. The van der Waals surface area contributed by atoms with Crippen molar-refractivity contribution in [3.63, 3.8) is 0 Å². The molecular formula is C9H8ClN3O. The normalized spacial score (nSPS) is 10.4. The molecule has 0 atom stereocenters. The molecule has 0 saturated heterocycles. The van der Waals surface area contributed by atoms with Crippen LogP contribution in [0.3, 0.4) is 0 Å². The van der Waals surface area contributed by atoms with E-state index in [1.54, 1.807) is 29.1 Å². The second-order valence-electron chi connectivity index (χ2n) is 2.63. The molecule has 2 aromatic heterocycles. The number of halogens is 1. The fourth-order valence-corrected chi connectivity index (χ4v) is 1.29. The Kier molecular flexibility index (Phi) is 2.37. The van der Waals surface area contributed by atoms with Crippen LogP contribution in [0.25, 0.3) is 5.65 Å². The van der Waals surface area contributed by atoms with E-state index in [2.05, 4.69) is 16.7 Å². The third kappa shape index (κ3) is 1.56. The predicted molar refractivity (Wildman–Crippen MR) is 53.7 cm³/mol. The van der Waals surface area contributed by atoms with Crippen molar-refractivity contribution < 1.29 is 4.74 Å². The molecule has 4 nitrogen and oxygen atoms in total. The van der Waals surface area contributed by atoms with Crippen LogP contribution < -0.4 is 4.74 Å². The number of nitrogens with zero attached hydrogens (tertiary/aromatic N) is 3. The SMILES string of the molecule is C=CCOc1cc(Cl)nn2ccnc12. The van der Waals surface area contributed by atoms with E-state index in [-0.39, 0.29) is 0 Å². The fraction of sp³-hybridized carbons (Fsp3) is 0.111. The van der Waals surface area contributed by atoms with Gasteiger partial charge in [-0.2, -0.15) is 5.10 Å². The van der Waals surface area contributed by atoms with Crippen LogP contribution >= 0.6 is 11.6 Å². The minimum absolute atomic E-state index is 0.370. The van der Waals surface area contributed by atoms with Gasteiger partial charge in [0.25, 0.3) is 0 Å². The highest BCUT2D eigenvalue weighted by Crippen LogP contribution is 2.20. The average molecular weight is 210 g/mol. The summed E-state index contributed by atoms with van der Waals surface area (Å²) in [4.78, 5) is 4.10. The standard InChI is InChI=1S/C9H8ClN3O/c1-2-5-14-7-6-8(10)12-13-4-3-11-9(7)13/h2-4,6H,1,5H2. The highest BCUT2D eigenvalue weighted by atomic mass is 35.5. The lowest BCUT2D eigenvalue weighted by atomic mass is 10.5. The number of hydrogen-bond acceptors (Lipinski definition) is 3. The van der Waals surface area contributed by atoms with Gasteiger partial charge in [0, 0.05) is 18.5 Å². The molecule has 0 aromatic carbocycles. The van der Waals surface area contributed by atoms with Crippen molar-refractivity contribution >= 4 is 17.2 Å². The molecule has 2 aromatic rings. The second kappa shape index (κ2) is 3.67. The van der Waals surface area contributed by atoms with Gasteiger partial charge in [-0.15, -0.1) is 0 Å². The van der Waals surface area contributed by atoms with E-state index in [0.29, 0.717) is 23.2 Å². The second-order valence-corrected chi connectivity index (χ2v) is 3.01. The summed E-state index contributed by atoms with van der Waals surface area (Å²) in [5, 5.41) is 4.39. The lowest BCUT2D eigenvalue weighted by Crippen LogP contribution is -1.98. The summed E-state index contributed by atoms with van der Waals surface area (Å²) in [5.74, 6) is 0.606. The Morgan fingerprint density at radius 3 is 3.29 bits per heavy atom. The molecule has 14 heavy (non-hydrogen) atoms. The van der Waals surface area contributed by atoms with E-state index in [4.69, 9.17) is 16.3 Å². The van der Waals surface area contributed by atoms with Crippen LogP contribution in [0.5, 0.6) is 5.75 Å². The Balaban J connectivity index is 2.49. The zero-order valence-electron chi connectivity index (χ0n) is 7.35. The smallest absolute Gasteiger partial charge is 0.196 e. The van der Waals surface area contributed by atoms with Crippen LogP contribution in [0.4, 0.5) is 0 Å². The maximum atomic E-state index is 5.79. The highest BCUT2D eigenvalue weighted by Gasteiger charge is 2.05. The molecule has 0 bridgehead atoms. The Labute approximate surface area is 85.8 Å². The molecule has 72 valence electrons. The zero-order valence-corrected chi connectivity index (χ0v) is 8.11. The number of ether oxygens (including phenoxy) is 1. The first-order valence-electron chi connectivity index (χ1n) is 4.05. The molecule has 0 saturated carbocycles. The number of hydrogen-bond donors (Lipinski definition) is 0. The molecule has 2 heterocycles. The first kappa shape index (κ1) is 9.02. The molecule has 5 heteroatoms. The van der Waals surface area contributed by atoms with Crippen molar-refractivity contribution in [3.05, 3.63) is 36.3 Å². The quantitative estimate of drug-likeness (QED) is 0.726. The average Bonchev–Trinajstić information content (AvgIpc) is 2.61. The molecule has 0 amide bonds. The van der Waals surface area contributed by atoms with Crippen molar-refractivity contribution in [2.75, 3.05) is 6.61 Å². The number of imidazole rings is 1. The Morgan fingerprint density at radius 2 is 2.50 bits per heavy atom. The summed E-state index contributed by atoms with van der Waals surface area (Å²) in [6, 6.07) is 1.63. The molecule has 2 rings (SSSR count). The molecular weight excluding hydrogens is 202 g/mol. The van der Waals surface area contributed by atoms with Crippen molar-refractivity contribution in [2.24, 2.45) is 0 Å². The van der Waals surface area contributed by atoms with Gasteiger partial charge in [-0.05, 0) is 0 Å². The molecule has 0 unspecified atom stereocenters. The maximum absolute atomic E-state index is 5.79. The van der Waals surface area contributed by atoms with Crippen LogP contribution in [-0.4, -0.2) is 21.2 Å². The summed E-state index contributed by atoms with van der Waals surface area (Å²) in [6.45, 7) is 3.98. The van der Waals surface area contributed by atoms with E-state index in [1.165, 1.54) is 0 Å². The fourth-order valence-electron chi connectivity index (χ4n) is 1.11. The third-order valence-electron chi connectivity index (χ3n) is 1.65. The highest BCUT2D eigenvalue weighted by molar-refractivity contribution is 6.29. The van der Waals surface area contributed by atoms with Crippen molar-refractivity contribution in [1.29, 1.82) is 0 Å². The summed E-state index contributed by atoms with van der Waals surface area (Å²) >= 11 is 5.79. The molecule has 0 spiro atoms. The van der Waals surface area contributed by atoms with Gasteiger partial charge in [0.15, 0.2) is 16.5 Å². The van der Waals surface area contributed by atoms with Gasteiger partial charge in [0.2, 0.25) is 0 Å². The van der Waals surface area contributed by atoms with Crippen molar-refractivity contribution in [1.82, 2.24) is 14.6 Å². The van der Waals surface area contributed by atoms with Crippen LogP contribution in [0.2, 0.25) is 5.15 Å². The van der Waals surface area contributed by atoms with Gasteiger partial charge in [0.1, 0.15) is 6.61 Å². The van der Waals surface area contributed by atoms with Gasteiger partial charge < -0.3 is 4.74 Å². The van der Waals surface area contributed by atoms with Gasteiger partial charge in [-0.3, -0.25) is 0 Å². The van der Waals surface area contributed by atoms with Crippen molar-refractivity contribution in [3.8, 4) is 5.75 Å². The Hall–Kier alpha value is -1.55. The molecule has 0 aliphatic carbocycles. The van der Waals surface area contributed by atoms with Crippen LogP contribution in [0.1, 0.15) is 0 Å². The largest absolute Gasteiger partial charge is 0.485 e. The summed E-state index contributed by atoms with van der Waals surface area (Å²) in [6.07, 6.45) is 5.01. The third-order valence-corrected chi connectivity index (χ3v) is 1.84. The van der Waals surface area contributed by atoms with Crippen LogP contribution in [-0.2, 0) is 0 Å². The van der Waals surface area contributed by atoms with Crippen LogP contribution in [0.15, 0.2) is 31.1 Å². The zero-order chi connectivity index (χ0) is 9.97. The molecule has 0 N–H and O–H groups in total. The Bertz CT molecular complexity index is 466. The van der Waals surface area contributed by atoms with E-state index < -0.39 is 0 Å². The van der Waals surface area contributed by atoms with Crippen LogP contribution in [0, 0.1) is 0 Å². The topological polar surface area (TPSA) is 39.4 Å². The molecule has 0 fully saturated rings. The first-order valence-corrected chi connectivity index (χ1v) is 4.42. The number of fused-ring (bicyclic) bond motifs is 1. The molecule has 0 aliphatic heterocycles. The van der Waals surface area contributed by atoms with Gasteiger partial charge in [0.05, 0.1) is 0 Å². The number of rotatable bonds is 3. The van der Waals surface area contributed by atoms with Gasteiger partial charge in [-0.1, -0.05) is 24.3 Å². The van der Waals surface area contributed by atoms with E-state index in [1.807, 2.05) is 0 Å². The van der Waals surface area contributed by atoms with Gasteiger partial charge in [-0.25, -0.2) is 9.50 Å². The lowest BCUT2D eigenvalue weighted by molar-refractivity contribution is 0.364. The molecule has 0 aliphatic rings. The first-order chi connectivity index (χ1) is 6.81. The summed E-state index contributed by atoms with van der Waals surface area (Å²) in [5.41, 5.74) is 0.649. The predicted octanol–water partition coefficient (Wildman–Crippen LogP) is 1.95. The Morgan fingerprint density at radius 1 is 1.64 bits per heavy atom. The van der Waals surface area contributed by atoms with E-state index >= 15 is 0 Å². The maximum Gasteiger partial charge on any atom is 0.196 e. The minimum Gasteiger partial charge on any atom is -0.485 e. The van der Waals surface area contributed by atoms with Crippen molar-refractivity contribution in [2.45, 2.75) is 0 Å². The van der Waals surface area contributed by atoms with Gasteiger partial charge >= 0.3 is 0 Å². The molecule has 0 radical (unpaired) electrons. The minimum atomic E-state index is 0.370. The van der Waals surface area contributed by atoms with E-state index in [0.717, 1.165) is 0 Å².